The molecule has 3 saturated heterocycles. The molecule has 0 bridgehead atoms. The Labute approximate surface area is 195 Å². The van der Waals surface area contributed by atoms with Crippen LogP contribution in [0.1, 0.15) is 31.2 Å². The molecule has 2 atom stereocenters. The van der Waals surface area contributed by atoms with Gasteiger partial charge in [0.1, 0.15) is 12.6 Å². The number of morpholine rings is 1. The molecule has 4 rings (SSSR count). The molecule has 0 aliphatic carbocycles. The molecule has 0 spiro atoms. The SMILES string of the molecule is O=C(N[C@@H]1CCCN(CC(=O)N2CCC[C@H]2CN2CCOCC2)C1=O)OCc1ccccc1. The number of ether oxygens (including phenoxy) is 2. The third-order valence-corrected chi connectivity index (χ3v) is 6.63. The summed E-state index contributed by atoms with van der Waals surface area (Å²) < 4.78 is 10.7. The first-order valence-corrected chi connectivity index (χ1v) is 12.0. The van der Waals surface area contributed by atoms with Crippen LogP contribution in [0.15, 0.2) is 30.3 Å². The lowest BCUT2D eigenvalue weighted by molar-refractivity contribution is -0.144. The van der Waals surface area contributed by atoms with Gasteiger partial charge in [-0.3, -0.25) is 14.5 Å². The van der Waals surface area contributed by atoms with Crippen molar-refractivity contribution in [2.24, 2.45) is 0 Å². The predicted octanol–water partition coefficient (Wildman–Crippen LogP) is 1.23. The van der Waals surface area contributed by atoms with Gasteiger partial charge in [-0.05, 0) is 31.2 Å². The minimum Gasteiger partial charge on any atom is -0.445 e. The second kappa shape index (κ2) is 11.5. The third-order valence-electron chi connectivity index (χ3n) is 6.63. The highest BCUT2D eigenvalue weighted by Gasteiger charge is 2.35. The van der Waals surface area contributed by atoms with Crippen molar-refractivity contribution < 1.29 is 23.9 Å². The number of carbonyl (C=O) groups excluding carboxylic acids is 3. The summed E-state index contributed by atoms with van der Waals surface area (Å²) in [5.74, 6) is -0.221. The molecule has 9 heteroatoms. The van der Waals surface area contributed by atoms with Crippen LogP contribution in [0.5, 0.6) is 0 Å². The number of benzene rings is 1. The number of nitrogens with zero attached hydrogens (tertiary/aromatic N) is 3. The van der Waals surface area contributed by atoms with Gasteiger partial charge >= 0.3 is 6.09 Å². The standard InChI is InChI=1S/C24H34N4O5/c29-22(28-11-4-8-20(28)16-26-12-14-32-15-13-26)17-27-10-5-9-21(23(27)30)25-24(31)33-18-19-6-2-1-3-7-19/h1-3,6-7,20-21H,4-5,8-18H2,(H,25,31)/t20-,21+/m0/s1. The van der Waals surface area contributed by atoms with Crippen LogP contribution in [-0.2, 0) is 25.7 Å². The molecule has 3 aliphatic rings. The van der Waals surface area contributed by atoms with Gasteiger partial charge in [0.25, 0.3) is 0 Å². The van der Waals surface area contributed by atoms with E-state index in [1.54, 1.807) is 4.90 Å². The van der Waals surface area contributed by atoms with E-state index in [1.165, 1.54) is 0 Å². The van der Waals surface area contributed by atoms with Gasteiger partial charge in [-0.25, -0.2) is 4.79 Å². The van der Waals surface area contributed by atoms with Crippen LogP contribution in [0.2, 0.25) is 0 Å². The van der Waals surface area contributed by atoms with Gasteiger partial charge in [0.2, 0.25) is 11.8 Å². The minimum atomic E-state index is -0.655. The van der Waals surface area contributed by atoms with Crippen LogP contribution in [0.4, 0.5) is 4.79 Å². The number of likely N-dealkylation sites (tertiary alicyclic amines) is 2. The van der Waals surface area contributed by atoms with E-state index in [9.17, 15) is 14.4 Å². The van der Waals surface area contributed by atoms with Crippen LogP contribution in [0.25, 0.3) is 0 Å². The fourth-order valence-electron chi connectivity index (χ4n) is 4.83. The van der Waals surface area contributed by atoms with E-state index in [1.807, 2.05) is 35.2 Å². The molecule has 0 aromatic heterocycles. The molecule has 3 amide bonds. The fourth-order valence-corrected chi connectivity index (χ4v) is 4.83. The Bertz CT molecular complexity index is 814. The number of alkyl carbamates (subject to hydrolysis) is 1. The zero-order chi connectivity index (χ0) is 23.0. The van der Waals surface area contributed by atoms with Gasteiger partial charge in [0, 0.05) is 38.8 Å². The number of carbonyl (C=O) groups is 3. The van der Waals surface area contributed by atoms with E-state index >= 15 is 0 Å². The Morgan fingerprint density at radius 2 is 1.79 bits per heavy atom. The molecule has 0 saturated carbocycles. The van der Waals surface area contributed by atoms with Crippen LogP contribution < -0.4 is 5.32 Å². The van der Waals surface area contributed by atoms with E-state index in [0.29, 0.717) is 13.0 Å². The number of piperidine rings is 1. The number of hydrogen-bond acceptors (Lipinski definition) is 6. The van der Waals surface area contributed by atoms with E-state index in [0.717, 1.165) is 64.2 Å². The fraction of sp³-hybridized carbons (Fsp3) is 0.625. The van der Waals surface area contributed by atoms with E-state index in [4.69, 9.17) is 9.47 Å². The van der Waals surface area contributed by atoms with Crippen molar-refractivity contribution >= 4 is 17.9 Å². The molecule has 1 aromatic carbocycles. The summed E-state index contributed by atoms with van der Waals surface area (Å²) in [6, 6.07) is 8.93. The Hall–Kier alpha value is -2.65. The quantitative estimate of drug-likeness (QED) is 0.661. The lowest BCUT2D eigenvalue weighted by Gasteiger charge is -2.35. The second-order valence-electron chi connectivity index (χ2n) is 8.96. The summed E-state index contributed by atoms with van der Waals surface area (Å²) in [6.07, 6.45) is 2.66. The summed E-state index contributed by atoms with van der Waals surface area (Å²) in [6.45, 7) is 5.63. The largest absolute Gasteiger partial charge is 0.445 e. The first-order chi connectivity index (χ1) is 16.1. The maximum atomic E-state index is 13.1. The van der Waals surface area contributed by atoms with Crippen molar-refractivity contribution in [2.75, 3.05) is 52.5 Å². The Balaban J connectivity index is 1.25. The molecule has 33 heavy (non-hydrogen) atoms. The maximum absolute atomic E-state index is 13.1. The summed E-state index contributed by atoms with van der Waals surface area (Å²) in [5, 5.41) is 2.68. The number of nitrogens with one attached hydrogen (secondary N) is 1. The highest BCUT2D eigenvalue weighted by atomic mass is 16.5. The highest BCUT2D eigenvalue weighted by molar-refractivity contribution is 5.90. The summed E-state index contributed by atoms with van der Waals surface area (Å²) in [4.78, 5) is 44.1. The predicted molar refractivity (Wildman–Crippen MR) is 121 cm³/mol. The van der Waals surface area contributed by atoms with Crippen molar-refractivity contribution in [3.05, 3.63) is 35.9 Å². The molecule has 1 N–H and O–H groups in total. The first kappa shape index (κ1) is 23.5. The highest BCUT2D eigenvalue weighted by Crippen LogP contribution is 2.20. The van der Waals surface area contributed by atoms with Gasteiger partial charge in [0.15, 0.2) is 0 Å². The van der Waals surface area contributed by atoms with Crippen molar-refractivity contribution in [3.63, 3.8) is 0 Å². The van der Waals surface area contributed by atoms with E-state index in [-0.39, 0.29) is 31.0 Å². The summed E-state index contributed by atoms with van der Waals surface area (Å²) in [5.41, 5.74) is 0.882. The Morgan fingerprint density at radius 1 is 1.03 bits per heavy atom. The molecule has 0 unspecified atom stereocenters. The second-order valence-corrected chi connectivity index (χ2v) is 8.96. The third kappa shape index (κ3) is 6.45. The molecule has 3 aliphatic heterocycles. The van der Waals surface area contributed by atoms with Crippen molar-refractivity contribution in [1.29, 1.82) is 0 Å². The molecule has 9 nitrogen and oxygen atoms in total. The van der Waals surface area contributed by atoms with Gasteiger partial charge in [0.05, 0.1) is 19.8 Å². The van der Waals surface area contributed by atoms with E-state index < -0.39 is 12.1 Å². The van der Waals surface area contributed by atoms with Gasteiger partial charge in [-0.15, -0.1) is 0 Å². The average Bonchev–Trinajstić information content (AvgIpc) is 3.30. The molecule has 3 heterocycles. The van der Waals surface area contributed by atoms with Crippen LogP contribution >= 0.6 is 0 Å². The van der Waals surface area contributed by atoms with Crippen LogP contribution in [0.3, 0.4) is 0 Å². The van der Waals surface area contributed by atoms with Gasteiger partial charge in [-0.1, -0.05) is 30.3 Å². The lowest BCUT2D eigenvalue weighted by atomic mass is 10.0. The minimum absolute atomic E-state index is 0.00795. The topological polar surface area (TPSA) is 91.4 Å². The van der Waals surface area contributed by atoms with Crippen LogP contribution in [-0.4, -0.2) is 97.2 Å². The molecule has 0 radical (unpaired) electrons. The van der Waals surface area contributed by atoms with Crippen molar-refractivity contribution in [2.45, 2.75) is 44.4 Å². The molecular weight excluding hydrogens is 424 g/mol. The molecule has 1 aromatic rings. The lowest BCUT2D eigenvalue weighted by Crippen LogP contribution is -2.55. The summed E-state index contributed by atoms with van der Waals surface area (Å²) >= 11 is 0. The first-order valence-electron chi connectivity index (χ1n) is 12.0. The Kier molecular flexibility index (Phi) is 8.17. The molecular formula is C24H34N4O5. The van der Waals surface area contributed by atoms with Crippen molar-refractivity contribution in [1.82, 2.24) is 20.0 Å². The molecule has 3 fully saturated rings. The number of rotatable bonds is 7. The average molecular weight is 459 g/mol. The van der Waals surface area contributed by atoms with Gasteiger partial charge < -0.3 is 24.6 Å². The summed E-state index contributed by atoms with van der Waals surface area (Å²) in [7, 11) is 0. The number of amides is 3. The molecule has 180 valence electrons. The van der Waals surface area contributed by atoms with Gasteiger partial charge in [-0.2, -0.15) is 0 Å². The number of hydrogen-bond donors (Lipinski definition) is 1. The van der Waals surface area contributed by atoms with E-state index in [2.05, 4.69) is 10.2 Å². The van der Waals surface area contributed by atoms with Crippen LogP contribution in [0, 0.1) is 0 Å². The monoisotopic (exact) mass is 458 g/mol. The maximum Gasteiger partial charge on any atom is 0.408 e. The zero-order valence-corrected chi connectivity index (χ0v) is 19.1. The smallest absolute Gasteiger partial charge is 0.408 e. The zero-order valence-electron chi connectivity index (χ0n) is 19.1. The normalized spacial score (nSPS) is 24.1. The Morgan fingerprint density at radius 3 is 2.58 bits per heavy atom. The van der Waals surface area contributed by atoms with Crippen molar-refractivity contribution in [3.8, 4) is 0 Å².